The first-order valence-corrected chi connectivity index (χ1v) is 22.5. The lowest BCUT2D eigenvalue weighted by molar-refractivity contribution is -0.155. The number of esters is 1. The summed E-state index contributed by atoms with van der Waals surface area (Å²) in [6.45, 7) is 15.0. The number of piperidine rings is 1. The maximum absolute atomic E-state index is 14.6. The Kier molecular flexibility index (Phi) is 13.8. The minimum atomic E-state index is -0.986. The lowest BCUT2D eigenvalue weighted by Crippen LogP contribution is -2.62. The molecule has 4 aromatic rings. The largest absolute Gasteiger partial charge is 0.464 e. The Morgan fingerprint density at radius 2 is 1.79 bits per heavy atom. The van der Waals surface area contributed by atoms with Crippen LogP contribution in [0.25, 0.3) is 33.3 Å². The van der Waals surface area contributed by atoms with Crippen LogP contribution in [0.2, 0.25) is 0 Å². The van der Waals surface area contributed by atoms with Gasteiger partial charge in [0.25, 0.3) is 5.91 Å². The molecule has 0 spiro atoms. The Labute approximate surface area is 366 Å². The molecule has 2 fully saturated rings. The molecule has 2 saturated heterocycles. The number of carbonyl (C=O) groups excluding carboxylic acids is 4. The lowest BCUT2D eigenvalue weighted by Gasteiger charge is -2.37. The van der Waals surface area contributed by atoms with E-state index in [2.05, 4.69) is 77.8 Å². The molecule has 3 aliphatic heterocycles. The molecule has 0 saturated carbocycles. The van der Waals surface area contributed by atoms with E-state index in [9.17, 15) is 19.2 Å². The highest BCUT2D eigenvalue weighted by Gasteiger charge is 2.39. The summed E-state index contributed by atoms with van der Waals surface area (Å²) in [5.74, 6) is -1.60. The van der Waals surface area contributed by atoms with Crippen LogP contribution in [0, 0.1) is 17.3 Å². The number of likely N-dealkylation sites (N-methyl/N-ethyl adjacent to an activating group) is 1. The van der Waals surface area contributed by atoms with Gasteiger partial charge in [0, 0.05) is 67.7 Å². The van der Waals surface area contributed by atoms with Crippen LogP contribution in [0.3, 0.4) is 0 Å². The van der Waals surface area contributed by atoms with Gasteiger partial charge in [0.1, 0.15) is 18.1 Å². The van der Waals surface area contributed by atoms with E-state index >= 15 is 0 Å². The summed E-state index contributed by atoms with van der Waals surface area (Å²) >= 11 is 0. The minimum absolute atomic E-state index is 0.0572. The minimum Gasteiger partial charge on any atom is -0.464 e. The Balaban J connectivity index is 1.32. The van der Waals surface area contributed by atoms with E-state index in [0.717, 1.165) is 69.7 Å². The first-order valence-electron chi connectivity index (χ1n) is 22.5. The number of amides is 3. The molecule has 13 heteroatoms. The van der Waals surface area contributed by atoms with Gasteiger partial charge in [0.15, 0.2) is 0 Å². The predicted molar refractivity (Wildman–Crippen MR) is 241 cm³/mol. The molecule has 7 rings (SSSR count). The predicted octanol–water partition coefficient (Wildman–Crippen LogP) is 6.23. The number of hydrogen-bond donors (Lipinski definition) is 3. The SMILES string of the molecule is CCn1c(-c2cccnc2[C@H](C)OC)c2c3cc(ccc31)-c1cccc(c1)C[C@H](NC(=O)[C@H](C(C)C)N(C)C(=O)C1CCNCC1)C(=O)N1CCC[C@H](N1)C(=O)OCC(C)(C)C2. The van der Waals surface area contributed by atoms with Crippen LogP contribution in [0.4, 0.5) is 0 Å². The smallest absolute Gasteiger partial charge is 0.324 e. The van der Waals surface area contributed by atoms with Gasteiger partial charge in [-0.3, -0.25) is 29.2 Å². The maximum Gasteiger partial charge on any atom is 0.324 e. The van der Waals surface area contributed by atoms with Crippen molar-refractivity contribution in [1.29, 1.82) is 0 Å². The first-order chi connectivity index (χ1) is 29.7. The van der Waals surface area contributed by atoms with Gasteiger partial charge in [-0.05, 0) is 111 Å². The Hall–Kier alpha value is -5.11. The van der Waals surface area contributed by atoms with E-state index in [0.29, 0.717) is 38.6 Å². The number of rotatable bonds is 9. The molecule has 3 aliphatic rings. The van der Waals surface area contributed by atoms with Gasteiger partial charge in [0.05, 0.1) is 24.1 Å². The van der Waals surface area contributed by atoms with Crippen LogP contribution in [0.15, 0.2) is 60.8 Å². The van der Waals surface area contributed by atoms with E-state index in [-0.39, 0.29) is 48.7 Å². The fraction of sp³-hybridized carbons (Fsp3) is 0.531. The number of nitrogens with zero attached hydrogens (tertiary/aromatic N) is 4. The van der Waals surface area contributed by atoms with Crippen molar-refractivity contribution in [3.8, 4) is 22.4 Å². The van der Waals surface area contributed by atoms with Crippen molar-refractivity contribution >= 4 is 34.6 Å². The standard InChI is InChI=1S/C49H65N7O6/c1-9-55-41-18-17-35-27-37(41)38(44(55)36-15-11-21-51-42(36)31(4)61-8)28-49(5,6)29-62-48(60)39-16-12-24-56(53-39)47(59)40(26-32-13-10-14-34(35)25-32)52-45(57)43(30(2)3)54(7)46(58)33-19-22-50-23-20-33/h10-11,13-15,17-18,21,25,27,30-31,33,39-40,43,50,53H,9,12,16,19-20,22-24,26,28-29H2,1-8H3,(H,52,57)/t31-,39-,40-,43-/m0/s1. The zero-order chi connectivity index (χ0) is 44.3. The van der Waals surface area contributed by atoms with Gasteiger partial charge < -0.3 is 29.6 Å². The molecule has 3 N–H and O–H groups in total. The third-order valence-corrected chi connectivity index (χ3v) is 13.0. The fourth-order valence-corrected chi connectivity index (χ4v) is 9.66. The number of hydrazine groups is 1. The molecule has 332 valence electrons. The molecular weight excluding hydrogens is 783 g/mol. The van der Waals surface area contributed by atoms with Crippen molar-refractivity contribution in [3.05, 3.63) is 77.6 Å². The Bertz CT molecular complexity index is 2280. The number of benzene rings is 2. The number of fused-ring (bicyclic) bond motifs is 6. The molecule has 13 nitrogen and oxygen atoms in total. The number of methoxy groups -OCH3 is 1. The summed E-state index contributed by atoms with van der Waals surface area (Å²) in [4.78, 5) is 63.0. The van der Waals surface area contributed by atoms with Gasteiger partial charge in [0.2, 0.25) is 11.8 Å². The summed E-state index contributed by atoms with van der Waals surface area (Å²) < 4.78 is 14.3. The van der Waals surface area contributed by atoms with Gasteiger partial charge in [-0.25, -0.2) is 5.43 Å². The number of cyclic esters (lactones) is 1. The first kappa shape index (κ1) is 44.9. The van der Waals surface area contributed by atoms with Crippen LogP contribution in [0.5, 0.6) is 0 Å². The second-order valence-electron chi connectivity index (χ2n) is 18.5. The van der Waals surface area contributed by atoms with Gasteiger partial charge in [-0.2, -0.15) is 0 Å². The zero-order valence-electron chi connectivity index (χ0n) is 37.8. The molecule has 2 aromatic heterocycles. The van der Waals surface area contributed by atoms with Gasteiger partial charge >= 0.3 is 5.97 Å². The summed E-state index contributed by atoms with van der Waals surface area (Å²) in [5, 5.41) is 8.98. The van der Waals surface area contributed by atoms with Crippen LogP contribution >= 0.6 is 0 Å². The molecule has 0 radical (unpaired) electrons. The number of hydrogen-bond acceptors (Lipinski definition) is 9. The van der Waals surface area contributed by atoms with Crippen molar-refractivity contribution in [1.82, 2.24) is 35.5 Å². The molecule has 0 aliphatic carbocycles. The van der Waals surface area contributed by atoms with E-state index in [4.69, 9.17) is 14.5 Å². The molecule has 4 atom stereocenters. The number of nitrogens with one attached hydrogen (secondary N) is 3. The van der Waals surface area contributed by atoms with Crippen LogP contribution in [-0.4, -0.2) is 102 Å². The number of carbonyl (C=O) groups is 4. The van der Waals surface area contributed by atoms with Gasteiger partial charge in [-0.15, -0.1) is 0 Å². The van der Waals surface area contributed by atoms with E-state index in [1.54, 1.807) is 25.3 Å². The molecule has 5 heterocycles. The average Bonchev–Trinajstić information content (AvgIpc) is 3.58. The topological polar surface area (TPSA) is 147 Å². The maximum atomic E-state index is 14.6. The normalized spacial score (nSPS) is 21.0. The van der Waals surface area contributed by atoms with Crippen molar-refractivity contribution in [2.45, 2.75) is 111 Å². The average molecular weight is 848 g/mol. The number of aromatic nitrogens is 2. The zero-order valence-corrected chi connectivity index (χ0v) is 37.8. The van der Waals surface area contributed by atoms with E-state index < -0.39 is 29.5 Å². The van der Waals surface area contributed by atoms with E-state index in [1.807, 2.05) is 39.0 Å². The van der Waals surface area contributed by atoms with Crippen LogP contribution in [-0.2, 0) is 48.0 Å². The molecule has 0 unspecified atom stereocenters. The molecule has 2 aromatic carbocycles. The van der Waals surface area contributed by atoms with Crippen molar-refractivity contribution in [2.24, 2.45) is 17.3 Å². The molecular formula is C49H65N7O6. The molecule has 6 bridgehead atoms. The second-order valence-corrected chi connectivity index (χ2v) is 18.5. The van der Waals surface area contributed by atoms with Crippen molar-refractivity contribution < 1.29 is 28.7 Å². The second kappa shape index (κ2) is 19.1. The third-order valence-electron chi connectivity index (χ3n) is 13.0. The highest BCUT2D eigenvalue weighted by Crippen LogP contribution is 2.42. The number of ether oxygens (including phenoxy) is 2. The quantitative estimate of drug-likeness (QED) is 0.167. The summed E-state index contributed by atoms with van der Waals surface area (Å²) in [6.07, 6.45) is 4.88. The summed E-state index contributed by atoms with van der Waals surface area (Å²) in [6, 6.07) is 16.3. The molecule has 3 amide bonds. The monoisotopic (exact) mass is 847 g/mol. The number of pyridine rings is 1. The highest BCUT2D eigenvalue weighted by molar-refractivity contribution is 5.96. The van der Waals surface area contributed by atoms with E-state index in [1.165, 1.54) is 5.01 Å². The van der Waals surface area contributed by atoms with Gasteiger partial charge in [-0.1, -0.05) is 58.0 Å². The van der Waals surface area contributed by atoms with Crippen molar-refractivity contribution in [3.63, 3.8) is 0 Å². The lowest BCUT2D eigenvalue weighted by atomic mass is 9.84. The Morgan fingerprint density at radius 1 is 1.03 bits per heavy atom. The molecule has 62 heavy (non-hydrogen) atoms. The Morgan fingerprint density at radius 3 is 2.52 bits per heavy atom. The number of aryl methyl sites for hydroxylation is 1. The fourth-order valence-electron chi connectivity index (χ4n) is 9.66. The summed E-state index contributed by atoms with van der Waals surface area (Å²) in [5.41, 5.74) is 10.7. The highest BCUT2D eigenvalue weighted by atomic mass is 16.5. The van der Waals surface area contributed by atoms with Crippen molar-refractivity contribution in [2.75, 3.05) is 40.4 Å². The third kappa shape index (κ3) is 9.45. The summed E-state index contributed by atoms with van der Waals surface area (Å²) in [7, 11) is 3.39. The van der Waals surface area contributed by atoms with Crippen LogP contribution < -0.4 is 16.1 Å². The van der Waals surface area contributed by atoms with Crippen LogP contribution in [0.1, 0.15) is 90.2 Å².